The second kappa shape index (κ2) is 4.09. The minimum absolute atomic E-state index is 0.0992. The van der Waals surface area contributed by atoms with E-state index in [0.717, 1.165) is 12.8 Å². The van der Waals surface area contributed by atoms with Crippen LogP contribution in [0.15, 0.2) is 0 Å². The van der Waals surface area contributed by atoms with Gasteiger partial charge in [-0.1, -0.05) is 0 Å². The van der Waals surface area contributed by atoms with Crippen molar-refractivity contribution in [1.29, 1.82) is 0 Å². The SMILES string of the molecule is CCOC(=O)CN(C=O)C1CC1. The molecule has 1 aliphatic rings. The lowest BCUT2D eigenvalue weighted by Crippen LogP contribution is -2.31. The summed E-state index contributed by atoms with van der Waals surface area (Å²) in [5.41, 5.74) is 0. The van der Waals surface area contributed by atoms with E-state index in [1.165, 1.54) is 4.90 Å². The molecule has 0 atom stereocenters. The van der Waals surface area contributed by atoms with Crippen LogP contribution in [0.1, 0.15) is 19.8 Å². The quantitative estimate of drug-likeness (QED) is 0.437. The van der Waals surface area contributed by atoms with Gasteiger partial charge in [-0.2, -0.15) is 0 Å². The maximum atomic E-state index is 10.9. The smallest absolute Gasteiger partial charge is 0.325 e. The van der Waals surface area contributed by atoms with E-state index in [4.69, 9.17) is 4.74 Å². The topological polar surface area (TPSA) is 46.6 Å². The van der Waals surface area contributed by atoms with Crippen LogP contribution in [0.3, 0.4) is 0 Å². The molecule has 0 aromatic rings. The van der Waals surface area contributed by atoms with Crippen LogP contribution in [0.25, 0.3) is 0 Å². The molecule has 0 bridgehead atoms. The normalized spacial score (nSPS) is 15.4. The van der Waals surface area contributed by atoms with Crippen LogP contribution in [-0.4, -0.2) is 36.5 Å². The van der Waals surface area contributed by atoms with Crippen molar-refractivity contribution in [2.45, 2.75) is 25.8 Å². The number of nitrogens with zero attached hydrogens (tertiary/aromatic N) is 1. The third-order valence-corrected chi connectivity index (χ3v) is 1.77. The fourth-order valence-corrected chi connectivity index (χ4v) is 1.01. The summed E-state index contributed by atoms with van der Waals surface area (Å²) in [7, 11) is 0. The summed E-state index contributed by atoms with van der Waals surface area (Å²) < 4.78 is 4.71. The molecule has 0 N–H and O–H groups in total. The minimum Gasteiger partial charge on any atom is -0.465 e. The van der Waals surface area contributed by atoms with Crippen molar-refractivity contribution < 1.29 is 14.3 Å². The van der Waals surface area contributed by atoms with E-state index in [9.17, 15) is 9.59 Å². The predicted octanol–water partition coefficient (Wildman–Crippen LogP) is 0.170. The van der Waals surface area contributed by atoms with Crippen LogP contribution in [-0.2, 0) is 14.3 Å². The number of ether oxygens (including phenoxy) is 1. The summed E-state index contributed by atoms with van der Waals surface area (Å²) >= 11 is 0. The molecule has 0 unspecified atom stereocenters. The van der Waals surface area contributed by atoms with Crippen molar-refractivity contribution in [1.82, 2.24) is 4.90 Å². The van der Waals surface area contributed by atoms with Crippen molar-refractivity contribution in [3.8, 4) is 0 Å². The zero-order chi connectivity index (χ0) is 8.97. The highest BCUT2D eigenvalue weighted by molar-refractivity contribution is 5.74. The van der Waals surface area contributed by atoms with Gasteiger partial charge in [0.05, 0.1) is 6.61 Å². The number of rotatable bonds is 5. The monoisotopic (exact) mass is 171 g/mol. The summed E-state index contributed by atoms with van der Waals surface area (Å²) in [6.45, 7) is 2.22. The van der Waals surface area contributed by atoms with Gasteiger partial charge in [-0.15, -0.1) is 0 Å². The second-order valence-corrected chi connectivity index (χ2v) is 2.81. The molecule has 4 heteroatoms. The number of carbonyl (C=O) groups is 2. The van der Waals surface area contributed by atoms with Crippen molar-refractivity contribution >= 4 is 12.4 Å². The molecule has 1 amide bonds. The second-order valence-electron chi connectivity index (χ2n) is 2.81. The number of esters is 1. The van der Waals surface area contributed by atoms with E-state index >= 15 is 0 Å². The fourth-order valence-electron chi connectivity index (χ4n) is 1.01. The maximum Gasteiger partial charge on any atom is 0.325 e. The Morgan fingerprint density at radius 1 is 1.67 bits per heavy atom. The Hall–Kier alpha value is -1.06. The largest absolute Gasteiger partial charge is 0.465 e. The van der Waals surface area contributed by atoms with Gasteiger partial charge < -0.3 is 9.64 Å². The number of hydrogen-bond acceptors (Lipinski definition) is 3. The summed E-state index contributed by atoms with van der Waals surface area (Å²) in [6, 6.07) is 0.284. The van der Waals surface area contributed by atoms with Crippen molar-refractivity contribution in [2.75, 3.05) is 13.2 Å². The Morgan fingerprint density at radius 3 is 2.75 bits per heavy atom. The van der Waals surface area contributed by atoms with Gasteiger partial charge in [0, 0.05) is 6.04 Å². The first kappa shape index (κ1) is 9.03. The third-order valence-electron chi connectivity index (χ3n) is 1.77. The molecule has 0 heterocycles. The summed E-state index contributed by atoms with van der Waals surface area (Å²) in [6.07, 6.45) is 2.74. The number of hydrogen-bond donors (Lipinski definition) is 0. The first-order valence-corrected chi connectivity index (χ1v) is 4.14. The molecule has 4 nitrogen and oxygen atoms in total. The predicted molar refractivity (Wildman–Crippen MR) is 42.4 cm³/mol. The molecule has 12 heavy (non-hydrogen) atoms. The molecule has 68 valence electrons. The van der Waals surface area contributed by atoms with Gasteiger partial charge in [0.15, 0.2) is 0 Å². The summed E-state index contributed by atoms with van der Waals surface area (Å²) in [4.78, 5) is 22.9. The lowest BCUT2D eigenvalue weighted by molar-refractivity contribution is -0.146. The zero-order valence-electron chi connectivity index (χ0n) is 7.16. The van der Waals surface area contributed by atoms with Crippen LogP contribution >= 0.6 is 0 Å². The van der Waals surface area contributed by atoms with Crippen LogP contribution in [0, 0.1) is 0 Å². The first-order valence-electron chi connectivity index (χ1n) is 4.14. The van der Waals surface area contributed by atoms with Gasteiger partial charge in [-0.3, -0.25) is 9.59 Å². The van der Waals surface area contributed by atoms with Gasteiger partial charge in [0.25, 0.3) is 0 Å². The first-order chi connectivity index (χ1) is 5.77. The molecule has 1 saturated carbocycles. The molecule has 0 saturated heterocycles. The molecular weight excluding hydrogens is 158 g/mol. The Bertz CT molecular complexity index is 177. The van der Waals surface area contributed by atoms with Crippen LogP contribution in [0.5, 0.6) is 0 Å². The number of amides is 1. The molecular formula is C8H13NO3. The average molecular weight is 171 g/mol. The lowest BCUT2D eigenvalue weighted by Gasteiger charge is -2.14. The van der Waals surface area contributed by atoms with Gasteiger partial charge in [-0.25, -0.2) is 0 Å². The number of carbonyl (C=O) groups excluding carboxylic acids is 2. The van der Waals surface area contributed by atoms with E-state index in [0.29, 0.717) is 13.0 Å². The van der Waals surface area contributed by atoms with E-state index in [2.05, 4.69) is 0 Å². The lowest BCUT2D eigenvalue weighted by atomic mass is 10.5. The zero-order valence-corrected chi connectivity index (χ0v) is 7.16. The highest BCUT2D eigenvalue weighted by atomic mass is 16.5. The van der Waals surface area contributed by atoms with Crippen LogP contribution in [0.2, 0.25) is 0 Å². The molecule has 0 aromatic heterocycles. The Kier molecular flexibility index (Phi) is 3.08. The van der Waals surface area contributed by atoms with E-state index in [1.54, 1.807) is 6.92 Å². The molecule has 0 radical (unpaired) electrons. The Balaban J connectivity index is 2.26. The highest BCUT2D eigenvalue weighted by Crippen LogP contribution is 2.25. The van der Waals surface area contributed by atoms with Gasteiger partial charge in [-0.05, 0) is 19.8 Å². The third kappa shape index (κ3) is 2.53. The average Bonchev–Trinajstić information content (AvgIpc) is 2.83. The summed E-state index contributed by atoms with van der Waals surface area (Å²) in [5.74, 6) is -0.323. The van der Waals surface area contributed by atoms with Crippen molar-refractivity contribution in [3.05, 3.63) is 0 Å². The van der Waals surface area contributed by atoms with Gasteiger partial charge in [0.2, 0.25) is 6.41 Å². The van der Waals surface area contributed by atoms with Crippen molar-refractivity contribution in [3.63, 3.8) is 0 Å². The molecule has 0 aromatic carbocycles. The molecule has 0 spiro atoms. The summed E-state index contributed by atoms with van der Waals surface area (Å²) in [5, 5.41) is 0. The van der Waals surface area contributed by atoms with Gasteiger partial charge >= 0.3 is 5.97 Å². The van der Waals surface area contributed by atoms with E-state index in [1.807, 2.05) is 0 Å². The molecule has 0 aliphatic heterocycles. The van der Waals surface area contributed by atoms with E-state index in [-0.39, 0.29) is 18.6 Å². The molecule has 1 rings (SSSR count). The Labute approximate surface area is 71.5 Å². The molecule has 1 fully saturated rings. The van der Waals surface area contributed by atoms with Crippen LogP contribution < -0.4 is 0 Å². The Morgan fingerprint density at radius 2 is 2.33 bits per heavy atom. The van der Waals surface area contributed by atoms with Gasteiger partial charge in [0.1, 0.15) is 6.54 Å². The van der Waals surface area contributed by atoms with Crippen molar-refractivity contribution in [2.24, 2.45) is 0 Å². The molecule has 1 aliphatic carbocycles. The minimum atomic E-state index is -0.323. The maximum absolute atomic E-state index is 10.9. The fraction of sp³-hybridized carbons (Fsp3) is 0.750. The van der Waals surface area contributed by atoms with E-state index < -0.39 is 0 Å². The standard InChI is InChI=1S/C8H13NO3/c1-2-12-8(11)5-9(6-10)7-3-4-7/h6-7H,2-5H2,1H3. The highest BCUT2D eigenvalue weighted by Gasteiger charge is 2.29. The van der Waals surface area contributed by atoms with Crippen LogP contribution in [0.4, 0.5) is 0 Å².